The molecular formula is C12H16N4O2. The van der Waals surface area contributed by atoms with Crippen molar-refractivity contribution in [2.24, 2.45) is 5.73 Å². The first-order valence-electron chi connectivity index (χ1n) is 5.92. The molecule has 18 heavy (non-hydrogen) atoms. The number of aromatic amines is 1. The zero-order chi connectivity index (χ0) is 13.2. The van der Waals surface area contributed by atoms with Crippen LogP contribution in [0.4, 0.5) is 0 Å². The van der Waals surface area contributed by atoms with Crippen molar-refractivity contribution in [3.8, 4) is 11.6 Å². The lowest BCUT2D eigenvalue weighted by atomic mass is 9.93. The van der Waals surface area contributed by atoms with E-state index in [1.807, 2.05) is 13.8 Å². The summed E-state index contributed by atoms with van der Waals surface area (Å²) >= 11 is 0. The SMILES string of the molecule is CCC(N)(CC)c1noc(-c2cccc(=O)[nH]2)n1. The molecule has 96 valence electrons. The van der Waals surface area contributed by atoms with E-state index in [9.17, 15) is 4.79 Å². The molecule has 0 fully saturated rings. The second kappa shape index (κ2) is 4.73. The fraction of sp³-hybridized carbons (Fsp3) is 0.417. The molecule has 0 saturated heterocycles. The summed E-state index contributed by atoms with van der Waals surface area (Å²) in [5.41, 5.74) is 5.88. The third kappa shape index (κ3) is 2.19. The molecule has 0 saturated carbocycles. The molecule has 0 atom stereocenters. The Hall–Kier alpha value is -1.95. The van der Waals surface area contributed by atoms with Gasteiger partial charge in [-0.1, -0.05) is 25.1 Å². The van der Waals surface area contributed by atoms with Crippen LogP contribution in [0.1, 0.15) is 32.5 Å². The fourth-order valence-electron chi connectivity index (χ4n) is 1.67. The lowest BCUT2D eigenvalue weighted by Crippen LogP contribution is -2.36. The molecule has 0 aliphatic carbocycles. The molecule has 2 heterocycles. The predicted molar refractivity (Wildman–Crippen MR) is 66.8 cm³/mol. The van der Waals surface area contributed by atoms with Crippen molar-refractivity contribution in [2.75, 3.05) is 0 Å². The van der Waals surface area contributed by atoms with Gasteiger partial charge in [-0.2, -0.15) is 4.98 Å². The summed E-state index contributed by atoms with van der Waals surface area (Å²) in [5.74, 6) is 0.742. The summed E-state index contributed by atoms with van der Waals surface area (Å²) in [4.78, 5) is 18.1. The summed E-state index contributed by atoms with van der Waals surface area (Å²) in [6.07, 6.45) is 1.43. The molecule has 0 bridgehead atoms. The standard InChI is InChI=1S/C12H16N4O2/c1-3-12(13,4-2)11-15-10(18-16-11)8-6-5-7-9(17)14-8/h5-7H,3-4,13H2,1-2H3,(H,14,17). The van der Waals surface area contributed by atoms with Gasteiger partial charge in [0, 0.05) is 6.07 Å². The van der Waals surface area contributed by atoms with Gasteiger partial charge in [-0.15, -0.1) is 0 Å². The fourth-order valence-corrected chi connectivity index (χ4v) is 1.67. The number of hydrogen-bond donors (Lipinski definition) is 2. The largest absolute Gasteiger partial charge is 0.332 e. The maximum Gasteiger partial charge on any atom is 0.274 e. The summed E-state index contributed by atoms with van der Waals surface area (Å²) in [5, 5.41) is 3.90. The van der Waals surface area contributed by atoms with Crippen molar-refractivity contribution in [3.63, 3.8) is 0 Å². The van der Waals surface area contributed by atoms with Crippen molar-refractivity contribution in [2.45, 2.75) is 32.2 Å². The lowest BCUT2D eigenvalue weighted by Gasteiger charge is -2.21. The van der Waals surface area contributed by atoms with Crippen LogP contribution in [0.5, 0.6) is 0 Å². The second-order valence-electron chi connectivity index (χ2n) is 4.22. The normalized spacial score (nSPS) is 11.7. The minimum Gasteiger partial charge on any atom is -0.332 e. The third-order valence-electron chi connectivity index (χ3n) is 3.13. The van der Waals surface area contributed by atoms with Crippen molar-refractivity contribution in [3.05, 3.63) is 34.4 Å². The number of rotatable bonds is 4. The first-order valence-corrected chi connectivity index (χ1v) is 5.92. The number of H-pyrrole nitrogens is 1. The molecule has 0 aliphatic heterocycles. The molecule has 2 aromatic rings. The highest BCUT2D eigenvalue weighted by atomic mass is 16.5. The Kier molecular flexibility index (Phi) is 3.29. The van der Waals surface area contributed by atoms with Crippen LogP contribution in [0, 0.1) is 0 Å². The van der Waals surface area contributed by atoms with E-state index in [2.05, 4.69) is 15.1 Å². The second-order valence-corrected chi connectivity index (χ2v) is 4.22. The summed E-state index contributed by atoms with van der Waals surface area (Å²) in [7, 11) is 0. The van der Waals surface area contributed by atoms with Crippen molar-refractivity contribution < 1.29 is 4.52 Å². The van der Waals surface area contributed by atoms with Crippen LogP contribution in [0.2, 0.25) is 0 Å². The number of hydrogen-bond acceptors (Lipinski definition) is 5. The lowest BCUT2D eigenvalue weighted by molar-refractivity contribution is 0.350. The first kappa shape index (κ1) is 12.5. The Morgan fingerprint density at radius 2 is 2.11 bits per heavy atom. The Bertz CT molecular complexity index is 584. The molecule has 3 N–H and O–H groups in total. The van der Waals surface area contributed by atoms with Crippen LogP contribution < -0.4 is 11.3 Å². The minimum atomic E-state index is -0.586. The monoisotopic (exact) mass is 248 g/mol. The number of nitrogens with zero attached hydrogens (tertiary/aromatic N) is 2. The van der Waals surface area contributed by atoms with E-state index in [-0.39, 0.29) is 11.4 Å². The van der Waals surface area contributed by atoms with Gasteiger partial charge in [0.05, 0.1) is 5.54 Å². The molecule has 0 aliphatic rings. The molecule has 6 heteroatoms. The van der Waals surface area contributed by atoms with Crippen LogP contribution in [-0.4, -0.2) is 15.1 Å². The quantitative estimate of drug-likeness (QED) is 0.852. The van der Waals surface area contributed by atoms with E-state index in [1.54, 1.807) is 12.1 Å². The van der Waals surface area contributed by atoms with Gasteiger partial charge in [0.2, 0.25) is 5.56 Å². The van der Waals surface area contributed by atoms with Crippen LogP contribution in [-0.2, 0) is 5.54 Å². The highest BCUT2D eigenvalue weighted by molar-refractivity contribution is 5.45. The molecule has 0 spiro atoms. The molecule has 0 amide bonds. The minimum absolute atomic E-state index is 0.211. The first-order chi connectivity index (χ1) is 8.59. The van der Waals surface area contributed by atoms with E-state index in [4.69, 9.17) is 10.3 Å². The summed E-state index contributed by atoms with van der Waals surface area (Å²) in [6.45, 7) is 3.95. The maximum atomic E-state index is 11.2. The zero-order valence-corrected chi connectivity index (χ0v) is 10.4. The molecule has 2 aromatic heterocycles. The number of nitrogens with one attached hydrogen (secondary N) is 1. The van der Waals surface area contributed by atoms with Gasteiger partial charge < -0.3 is 15.2 Å². The van der Waals surface area contributed by atoms with Crippen LogP contribution in [0.25, 0.3) is 11.6 Å². The average molecular weight is 248 g/mol. The molecule has 0 radical (unpaired) electrons. The predicted octanol–water partition coefficient (Wildman–Crippen LogP) is 1.40. The van der Waals surface area contributed by atoms with Gasteiger partial charge in [0.1, 0.15) is 5.69 Å². The summed E-state index contributed by atoms with van der Waals surface area (Å²) in [6, 6.07) is 4.76. The third-order valence-corrected chi connectivity index (χ3v) is 3.13. The Morgan fingerprint density at radius 3 is 2.72 bits per heavy atom. The highest BCUT2D eigenvalue weighted by Crippen LogP contribution is 2.24. The maximum absolute atomic E-state index is 11.2. The Balaban J connectivity index is 2.39. The van der Waals surface area contributed by atoms with Gasteiger partial charge >= 0.3 is 0 Å². The van der Waals surface area contributed by atoms with Gasteiger partial charge in [0.15, 0.2) is 5.82 Å². The van der Waals surface area contributed by atoms with Gasteiger partial charge in [0.25, 0.3) is 5.89 Å². The molecule has 0 unspecified atom stereocenters. The molecule has 0 aromatic carbocycles. The van der Waals surface area contributed by atoms with Crippen molar-refractivity contribution in [1.29, 1.82) is 0 Å². The Morgan fingerprint density at radius 1 is 1.39 bits per heavy atom. The number of nitrogens with two attached hydrogens (primary N) is 1. The summed E-state index contributed by atoms with van der Waals surface area (Å²) < 4.78 is 5.14. The average Bonchev–Trinajstić information content (AvgIpc) is 2.88. The van der Waals surface area contributed by atoms with E-state index < -0.39 is 5.54 Å². The molecular weight excluding hydrogens is 232 g/mol. The zero-order valence-electron chi connectivity index (χ0n) is 10.4. The van der Waals surface area contributed by atoms with Crippen LogP contribution in [0.3, 0.4) is 0 Å². The van der Waals surface area contributed by atoms with E-state index in [1.165, 1.54) is 6.07 Å². The number of pyridine rings is 1. The molecule has 2 rings (SSSR count). The van der Waals surface area contributed by atoms with Gasteiger partial charge in [-0.25, -0.2) is 0 Å². The topological polar surface area (TPSA) is 97.8 Å². The number of aromatic nitrogens is 3. The van der Waals surface area contributed by atoms with E-state index >= 15 is 0 Å². The highest BCUT2D eigenvalue weighted by Gasteiger charge is 2.29. The van der Waals surface area contributed by atoms with E-state index in [0.717, 1.165) is 0 Å². The van der Waals surface area contributed by atoms with Crippen LogP contribution in [0.15, 0.2) is 27.5 Å². The van der Waals surface area contributed by atoms with Crippen molar-refractivity contribution in [1.82, 2.24) is 15.1 Å². The van der Waals surface area contributed by atoms with Crippen LogP contribution >= 0.6 is 0 Å². The Labute approximate surface area is 104 Å². The van der Waals surface area contributed by atoms with Gasteiger partial charge in [-0.3, -0.25) is 4.79 Å². The van der Waals surface area contributed by atoms with E-state index in [0.29, 0.717) is 24.4 Å². The smallest absolute Gasteiger partial charge is 0.274 e. The van der Waals surface area contributed by atoms with Gasteiger partial charge in [-0.05, 0) is 18.9 Å². The molecule has 6 nitrogen and oxygen atoms in total. The van der Waals surface area contributed by atoms with Crippen molar-refractivity contribution >= 4 is 0 Å².